The Hall–Kier alpha value is -3.93. The molecule has 0 aliphatic rings. The Morgan fingerprint density at radius 3 is 0.928 bits per heavy atom. The minimum absolute atomic E-state index is 0.0943. The van der Waals surface area contributed by atoms with E-state index in [2.05, 4.69) is 130 Å². The lowest BCUT2D eigenvalue weighted by molar-refractivity contribution is -0.167. The molecule has 0 amide bonds. The number of hydrogen-bond acceptors (Lipinski definition) is 6. The number of rotatable bonds is 50. The summed E-state index contributed by atoms with van der Waals surface area (Å²) in [6.07, 6.45) is 76.5. The van der Waals surface area contributed by atoms with Gasteiger partial charge in [0.25, 0.3) is 0 Å². The molecule has 0 heterocycles. The second-order valence-corrected chi connectivity index (χ2v) is 18.5. The van der Waals surface area contributed by atoms with Crippen LogP contribution in [0.4, 0.5) is 0 Å². The average molecular weight is 958 g/mol. The van der Waals surface area contributed by atoms with Crippen molar-refractivity contribution in [1.82, 2.24) is 0 Å². The van der Waals surface area contributed by atoms with Crippen molar-refractivity contribution in [2.24, 2.45) is 0 Å². The van der Waals surface area contributed by atoms with Crippen LogP contribution in [0.1, 0.15) is 252 Å². The van der Waals surface area contributed by atoms with E-state index >= 15 is 0 Å². The molecule has 0 aromatic carbocycles. The van der Waals surface area contributed by atoms with Crippen LogP contribution in [0, 0.1) is 0 Å². The van der Waals surface area contributed by atoms with Crippen LogP contribution in [0.3, 0.4) is 0 Å². The van der Waals surface area contributed by atoms with Crippen LogP contribution >= 0.6 is 0 Å². The van der Waals surface area contributed by atoms with Crippen LogP contribution < -0.4 is 0 Å². The fourth-order valence-corrected chi connectivity index (χ4v) is 7.51. The Morgan fingerprint density at radius 2 is 0.565 bits per heavy atom. The molecule has 69 heavy (non-hydrogen) atoms. The molecule has 6 heteroatoms. The first-order valence-electron chi connectivity index (χ1n) is 28.4. The molecule has 0 saturated heterocycles. The average Bonchev–Trinajstić information content (AvgIpc) is 3.35. The molecule has 0 spiro atoms. The van der Waals surface area contributed by atoms with Crippen LogP contribution in [-0.4, -0.2) is 37.2 Å². The fraction of sp³-hybridized carbons (Fsp3) is 0.667. The maximum Gasteiger partial charge on any atom is 0.306 e. The van der Waals surface area contributed by atoms with Gasteiger partial charge in [-0.1, -0.05) is 233 Å². The SMILES string of the molecule is CC/C=C\C/C=C\C/C=C\C/C=C\C/C=C\C/C=C\C/C=C\CCCCCC(=O)OCC(COC(=O)CCCCCCCCCCCCC)OC(=O)CCCCCCC/C=C\C/C=C\CCCCC. The maximum atomic E-state index is 12.8. The van der Waals surface area contributed by atoms with Crippen LogP contribution in [0.15, 0.2) is 109 Å². The molecule has 1 atom stereocenters. The second-order valence-electron chi connectivity index (χ2n) is 18.5. The van der Waals surface area contributed by atoms with Gasteiger partial charge in [0.05, 0.1) is 0 Å². The third-order valence-electron chi connectivity index (χ3n) is 11.8. The molecule has 0 aromatic rings. The number of unbranched alkanes of at least 4 members (excludes halogenated alkanes) is 21. The molecule has 0 fully saturated rings. The summed E-state index contributed by atoms with van der Waals surface area (Å²) < 4.78 is 16.8. The van der Waals surface area contributed by atoms with Crippen LogP contribution in [0.25, 0.3) is 0 Å². The zero-order chi connectivity index (χ0) is 50.0. The fourth-order valence-electron chi connectivity index (χ4n) is 7.51. The first-order valence-corrected chi connectivity index (χ1v) is 28.4. The van der Waals surface area contributed by atoms with Crippen molar-refractivity contribution >= 4 is 17.9 Å². The summed E-state index contributed by atoms with van der Waals surface area (Å²) in [5, 5.41) is 0. The summed E-state index contributed by atoms with van der Waals surface area (Å²) in [7, 11) is 0. The smallest absolute Gasteiger partial charge is 0.306 e. The van der Waals surface area contributed by atoms with E-state index < -0.39 is 6.10 Å². The Kier molecular flexibility index (Phi) is 53.4. The zero-order valence-corrected chi connectivity index (χ0v) is 44.8. The standard InChI is InChI=1S/C63H104O6/c1-4-7-10-13-16-19-22-24-26-27-28-29-30-31-32-33-34-35-37-38-41-44-47-50-53-56-62(65)68-59-60(58-67-61(64)55-52-49-46-43-40-21-18-15-12-9-6-3)69-63(66)57-54-51-48-45-42-39-36-25-23-20-17-14-11-8-5-2/h7,10,16-17,19-20,24-26,28-29,31-32,34-36,38,41,60H,4-6,8-9,11-15,18,21-23,27,30,33,37,39-40,42-59H2,1-3H3/b10-7-,19-16-,20-17-,26-24-,29-28-,32-31-,35-34-,36-25-,41-38-. The number of allylic oxidation sites excluding steroid dienone is 18. The topological polar surface area (TPSA) is 78.9 Å². The van der Waals surface area contributed by atoms with Gasteiger partial charge in [0.2, 0.25) is 0 Å². The van der Waals surface area contributed by atoms with Crippen molar-refractivity contribution < 1.29 is 28.6 Å². The number of carbonyl (C=O) groups excluding carboxylic acids is 3. The molecule has 0 bridgehead atoms. The normalized spacial score (nSPS) is 12.9. The molecular weight excluding hydrogens is 853 g/mol. The first kappa shape index (κ1) is 65.1. The first-order chi connectivity index (χ1) is 34.0. The molecule has 0 rings (SSSR count). The highest BCUT2D eigenvalue weighted by molar-refractivity contribution is 5.71. The molecule has 0 N–H and O–H groups in total. The monoisotopic (exact) mass is 957 g/mol. The highest BCUT2D eigenvalue weighted by Crippen LogP contribution is 2.14. The quantitative estimate of drug-likeness (QED) is 0.0262. The minimum Gasteiger partial charge on any atom is -0.462 e. The third kappa shape index (κ3) is 54.9. The van der Waals surface area contributed by atoms with E-state index in [1.807, 2.05) is 0 Å². The van der Waals surface area contributed by atoms with Gasteiger partial charge in [-0.25, -0.2) is 0 Å². The number of esters is 3. The van der Waals surface area contributed by atoms with E-state index in [0.717, 1.165) is 135 Å². The van der Waals surface area contributed by atoms with Crippen molar-refractivity contribution in [3.05, 3.63) is 109 Å². The highest BCUT2D eigenvalue weighted by Gasteiger charge is 2.19. The predicted molar refractivity (Wildman–Crippen MR) is 297 cm³/mol. The van der Waals surface area contributed by atoms with Crippen molar-refractivity contribution in [2.75, 3.05) is 13.2 Å². The predicted octanol–water partition coefficient (Wildman–Crippen LogP) is 19.1. The molecule has 0 aliphatic carbocycles. The lowest BCUT2D eigenvalue weighted by Gasteiger charge is -2.18. The van der Waals surface area contributed by atoms with Gasteiger partial charge >= 0.3 is 17.9 Å². The van der Waals surface area contributed by atoms with Crippen molar-refractivity contribution in [3.8, 4) is 0 Å². The molecule has 6 nitrogen and oxygen atoms in total. The number of carbonyl (C=O) groups is 3. The molecular formula is C63H104O6. The second kappa shape index (κ2) is 56.7. The summed E-state index contributed by atoms with van der Waals surface area (Å²) in [5.41, 5.74) is 0. The summed E-state index contributed by atoms with van der Waals surface area (Å²) in [6.45, 7) is 6.45. The summed E-state index contributed by atoms with van der Waals surface area (Å²) in [4.78, 5) is 38.1. The Morgan fingerprint density at radius 1 is 0.304 bits per heavy atom. The molecule has 0 aliphatic heterocycles. The number of ether oxygens (including phenoxy) is 3. The van der Waals surface area contributed by atoms with Crippen LogP contribution in [-0.2, 0) is 28.6 Å². The zero-order valence-electron chi connectivity index (χ0n) is 44.8. The van der Waals surface area contributed by atoms with Gasteiger partial charge in [0.15, 0.2) is 6.10 Å². The molecule has 0 saturated carbocycles. The molecule has 392 valence electrons. The van der Waals surface area contributed by atoms with Gasteiger partial charge in [0, 0.05) is 19.3 Å². The van der Waals surface area contributed by atoms with Gasteiger partial charge in [-0.2, -0.15) is 0 Å². The third-order valence-corrected chi connectivity index (χ3v) is 11.8. The maximum absolute atomic E-state index is 12.8. The van der Waals surface area contributed by atoms with Gasteiger partial charge in [0.1, 0.15) is 13.2 Å². The van der Waals surface area contributed by atoms with E-state index in [-0.39, 0.29) is 31.1 Å². The van der Waals surface area contributed by atoms with Crippen LogP contribution in [0.2, 0.25) is 0 Å². The number of hydrogen-bond donors (Lipinski definition) is 0. The lowest BCUT2D eigenvalue weighted by Crippen LogP contribution is -2.30. The molecule has 0 radical (unpaired) electrons. The Balaban J connectivity index is 4.41. The molecule has 1 unspecified atom stereocenters. The highest BCUT2D eigenvalue weighted by atomic mass is 16.6. The minimum atomic E-state index is -0.799. The van der Waals surface area contributed by atoms with Gasteiger partial charge in [-0.15, -0.1) is 0 Å². The van der Waals surface area contributed by atoms with E-state index in [9.17, 15) is 14.4 Å². The molecule has 0 aromatic heterocycles. The van der Waals surface area contributed by atoms with Crippen molar-refractivity contribution in [3.63, 3.8) is 0 Å². The van der Waals surface area contributed by atoms with E-state index in [0.29, 0.717) is 19.3 Å². The summed E-state index contributed by atoms with van der Waals surface area (Å²) >= 11 is 0. The van der Waals surface area contributed by atoms with E-state index in [1.54, 1.807) is 0 Å². The van der Waals surface area contributed by atoms with E-state index in [4.69, 9.17) is 14.2 Å². The Bertz CT molecular complexity index is 1420. The van der Waals surface area contributed by atoms with E-state index in [1.165, 1.54) is 77.0 Å². The van der Waals surface area contributed by atoms with Gasteiger partial charge in [-0.3, -0.25) is 14.4 Å². The van der Waals surface area contributed by atoms with Gasteiger partial charge < -0.3 is 14.2 Å². The summed E-state index contributed by atoms with van der Waals surface area (Å²) in [5.74, 6) is -0.944. The lowest BCUT2D eigenvalue weighted by atomic mass is 10.1. The van der Waals surface area contributed by atoms with Crippen molar-refractivity contribution in [1.29, 1.82) is 0 Å². The van der Waals surface area contributed by atoms with Crippen LogP contribution in [0.5, 0.6) is 0 Å². The Labute approximate surface area is 425 Å². The largest absolute Gasteiger partial charge is 0.462 e. The summed E-state index contributed by atoms with van der Waals surface area (Å²) in [6, 6.07) is 0. The van der Waals surface area contributed by atoms with Gasteiger partial charge in [-0.05, 0) is 109 Å². The van der Waals surface area contributed by atoms with Crippen molar-refractivity contribution in [2.45, 2.75) is 258 Å².